The number of halogens is 1. The Bertz CT molecular complexity index is 896. The maximum Gasteiger partial charge on any atom is 0.221 e. The summed E-state index contributed by atoms with van der Waals surface area (Å²) in [5, 5.41) is 3.64. The molecule has 1 aliphatic heterocycles. The number of hydrogen-bond donors (Lipinski definition) is 1. The first kappa shape index (κ1) is 23.0. The van der Waals surface area contributed by atoms with Crippen LogP contribution in [0.1, 0.15) is 24.5 Å². The van der Waals surface area contributed by atoms with E-state index in [9.17, 15) is 4.79 Å². The van der Waals surface area contributed by atoms with Gasteiger partial charge < -0.3 is 24.3 Å². The van der Waals surface area contributed by atoms with Gasteiger partial charge in [0.25, 0.3) is 0 Å². The van der Waals surface area contributed by atoms with E-state index in [2.05, 4.69) is 10.2 Å². The number of rotatable bonds is 8. The first-order valence-corrected chi connectivity index (χ1v) is 10.5. The van der Waals surface area contributed by atoms with Crippen molar-refractivity contribution in [3.05, 3.63) is 46.5 Å². The molecule has 0 aliphatic carbocycles. The third kappa shape index (κ3) is 5.95. The number of nitrogens with one attached hydrogen (secondary N) is 1. The molecule has 1 heterocycles. The smallest absolute Gasteiger partial charge is 0.221 e. The predicted octanol–water partition coefficient (Wildman–Crippen LogP) is 3.66. The number of amides is 1. The summed E-state index contributed by atoms with van der Waals surface area (Å²) in [6.45, 7) is 4.46. The highest BCUT2D eigenvalue weighted by atomic mass is 35.5. The number of hydrogen-bond acceptors (Lipinski definition) is 6. The van der Waals surface area contributed by atoms with Gasteiger partial charge in [0, 0.05) is 43.2 Å². The quantitative estimate of drug-likeness (QED) is 0.664. The van der Waals surface area contributed by atoms with Crippen LogP contribution >= 0.6 is 11.6 Å². The zero-order valence-electron chi connectivity index (χ0n) is 18.4. The van der Waals surface area contributed by atoms with Gasteiger partial charge in [-0.05, 0) is 42.8 Å². The van der Waals surface area contributed by atoms with Gasteiger partial charge in [0.05, 0.1) is 21.3 Å². The minimum Gasteiger partial charge on any atom is -0.493 e. The van der Waals surface area contributed by atoms with Gasteiger partial charge >= 0.3 is 0 Å². The number of benzene rings is 2. The predicted molar refractivity (Wildman–Crippen MR) is 119 cm³/mol. The van der Waals surface area contributed by atoms with Gasteiger partial charge in [-0.3, -0.25) is 9.69 Å². The van der Waals surface area contributed by atoms with Crippen LogP contribution in [0.3, 0.4) is 0 Å². The number of methoxy groups -OCH3 is 3. The molecule has 0 saturated carbocycles. The van der Waals surface area contributed by atoms with Gasteiger partial charge in [0.1, 0.15) is 11.9 Å². The van der Waals surface area contributed by atoms with Gasteiger partial charge in [-0.2, -0.15) is 0 Å². The zero-order valence-corrected chi connectivity index (χ0v) is 19.1. The number of carbonyl (C=O) groups excluding carboxylic acids is 1. The second-order valence-corrected chi connectivity index (χ2v) is 7.91. The maximum atomic E-state index is 12.5. The molecule has 2 aromatic rings. The zero-order chi connectivity index (χ0) is 22.4. The Labute approximate surface area is 188 Å². The molecule has 1 unspecified atom stereocenters. The van der Waals surface area contributed by atoms with Crippen molar-refractivity contribution in [2.24, 2.45) is 0 Å². The highest BCUT2D eigenvalue weighted by Gasteiger charge is 2.21. The molecule has 31 heavy (non-hydrogen) atoms. The van der Waals surface area contributed by atoms with Crippen LogP contribution in [0, 0.1) is 0 Å². The summed E-state index contributed by atoms with van der Waals surface area (Å²) in [5.74, 6) is 2.46. The highest BCUT2D eigenvalue weighted by Crippen LogP contribution is 2.38. The van der Waals surface area contributed by atoms with Crippen molar-refractivity contribution in [1.82, 2.24) is 10.2 Å². The molecule has 0 saturated heterocycles. The van der Waals surface area contributed by atoms with E-state index in [-0.39, 0.29) is 12.0 Å². The molecule has 1 amide bonds. The molecular weight excluding hydrogens is 420 g/mol. The van der Waals surface area contributed by atoms with Crippen molar-refractivity contribution in [1.29, 1.82) is 0 Å². The summed E-state index contributed by atoms with van der Waals surface area (Å²) >= 11 is 6.14. The van der Waals surface area contributed by atoms with Gasteiger partial charge in [-0.25, -0.2) is 0 Å². The van der Waals surface area contributed by atoms with Gasteiger partial charge in [0.15, 0.2) is 11.5 Å². The average Bonchev–Trinajstić information content (AvgIpc) is 2.92. The van der Waals surface area contributed by atoms with Gasteiger partial charge in [-0.15, -0.1) is 0 Å². The fraction of sp³-hybridized carbons (Fsp3) is 0.435. The van der Waals surface area contributed by atoms with Crippen LogP contribution in [0.25, 0.3) is 0 Å². The lowest BCUT2D eigenvalue weighted by Crippen LogP contribution is -2.34. The summed E-state index contributed by atoms with van der Waals surface area (Å²) in [6, 6.07) is 9.32. The molecule has 3 rings (SSSR count). The second kappa shape index (κ2) is 10.6. The molecule has 0 aromatic heterocycles. The largest absolute Gasteiger partial charge is 0.493 e. The molecule has 0 spiro atoms. The van der Waals surface area contributed by atoms with E-state index in [0.29, 0.717) is 48.3 Å². The lowest BCUT2D eigenvalue weighted by molar-refractivity contribution is -0.121. The van der Waals surface area contributed by atoms with Crippen LogP contribution in [-0.4, -0.2) is 51.3 Å². The van der Waals surface area contributed by atoms with Gasteiger partial charge in [0.2, 0.25) is 11.7 Å². The van der Waals surface area contributed by atoms with E-state index < -0.39 is 0 Å². The van der Waals surface area contributed by atoms with Crippen molar-refractivity contribution in [3.63, 3.8) is 0 Å². The minimum atomic E-state index is -0.0297. The molecule has 1 N–H and O–H groups in total. The van der Waals surface area contributed by atoms with E-state index in [1.807, 2.05) is 37.3 Å². The summed E-state index contributed by atoms with van der Waals surface area (Å²) in [4.78, 5) is 14.7. The Hall–Kier alpha value is -2.64. The molecule has 8 heteroatoms. The molecule has 1 atom stereocenters. The summed E-state index contributed by atoms with van der Waals surface area (Å²) in [7, 11) is 4.69. The van der Waals surface area contributed by atoms with E-state index in [1.54, 1.807) is 21.3 Å². The Kier molecular flexibility index (Phi) is 7.87. The highest BCUT2D eigenvalue weighted by molar-refractivity contribution is 6.30. The van der Waals surface area contributed by atoms with Crippen LogP contribution in [0.2, 0.25) is 5.02 Å². The topological polar surface area (TPSA) is 69.3 Å². The molecule has 2 aromatic carbocycles. The van der Waals surface area contributed by atoms with Crippen molar-refractivity contribution < 1.29 is 23.7 Å². The van der Waals surface area contributed by atoms with E-state index in [1.165, 1.54) is 0 Å². The summed E-state index contributed by atoms with van der Waals surface area (Å²) in [5.41, 5.74) is 1.90. The van der Waals surface area contributed by atoms with Crippen molar-refractivity contribution in [3.8, 4) is 23.0 Å². The van der Waals surface area contributed by atoms with Gasteiger partial charge in [-0.1, -0.05) is 11.6 Å². The summed E-state index contributed by atoms with van der Waals surface area (Å²) < 4.78 is 22.0. The lowest BCUT2D eigenvalue weighted by Gasteiger charge is -2.21. The third-order valence-corrected chi connectivity index (χ3v) is 5.36. The Balaban J connectivity index is 1.57. The second-order valence-electron chi connectivity index (χ2n) is 7.48. The van der Waals surface area contributed by atoms with Crippen LogP contribution in [0.5, 0.6) is 23.0 Å². The fourth-order valence-electron chi connectivity index (χ4n) is 3.67. The normalized spacial score (nSPS) is 16.0. The van der Waals surface area contributed by atoms with E-state index >= 15 is 0 Å². The molecular formula is C23H29ClN2O5. The number of fused-ring (bicyclic) bond motifs is 1. The molecule has 168 valence electrons. The molecule has 7 nitrogen and oxygen atoms in total. The van der Waals surface area contributed by atoms with Crippen molar-refractivity contribution >= 4 is 17.5 Å². The minimum absolute atomic E-state index is 0.0297. The monoisotopic (exact) mass is 448 g/mol. The fourth-order valence-corrected chi connectivity index (χ4v) is 3.86. The SMILES string of the molecule is COc1cc(CNC(=O)CCN2Cc3cc(Cl)ccc3OC(C)C2)cc(OC)c1OC. The van der Waals surface area contributed by atoms with Crippen LogP contribution < -0.4 is 24.3 Å². The van der Waals surface area contributed by atoms with Crippen molar-refractivity contribution in [2.75, 3.05) is 34.4 Å². The molecule has 1 aliphatic rings. The summed E-state index contributed by atoms with van der Waals surface area (Å²) in [6.07, 6.45) is 0.414. The first-order chi connectivity index (χ1) is 14.9. The number of carbonyl (C=O) groups is 1. The van der Waals surface area contributed by atoms with E-state index in [0.717, 1.165) is 23.4 Å². The average molecular weight is 449 g/mol. The molecule has 0 radical (unpaired) electrons. The van der Waals surface area contributed by atoms with Crippen LogP contribution in [0.15, 0.2) is 30.3 Å². The Morgan fingerprint density at radius 3 is 2.52 bits per heavy atom. The van der Waals surface area contributed by atoms with Crippen molar-refractivity contribution in [2.45, 2.75) is 32.5 Å². The third-order valence-electron chi connectivity index (χ3n) is 5.13. The number of nitrogens with zero attached hydrogens (tertiary/aromatic N) is 1. The Morgan fingerprint density at radius 1 is 1.16 bits per heavy atom. The molecule has 0 bridgehead atoms. The standard InChI is InChI=1S/C23H29ClN2O5/c1-15-13-26(14-17-11-18(24)5-6-19(17)31-15)8-7-22(27)25-12-16-9-20(28-2)23(30-4)21(10-16)29-3/h5-6,9-11,15H,7-8,12-14H2,1-4H3,(H,25,27). The lowest BCUT2D eigenvalue weighted by atomic mass is 10.1. The van der Waals surface area contributed by atoms with Crippen LogP contribution in [-0.2, 0) is 17.9 Å². The number of ether oxygens (including phenoxy) is 4. The first-order valence-electron chi connectivity index (χ1n) is 10.2. The molecule has 0 fully saturated rings. The van der Waals surface area contributed by atoms with E-state index in [4.69, 9.17) is 30.5 Å². The Morgan fingerprint density at radius 2 is 1.87 bits per heavy atom. The van der Waals surface area contributed by atoms with Crippen LogP contribution in [0.4, 0.5) is 0 Å². The maximum absolute atomic E-state index is 12.5.